The molecule has 0 N–H and O–H groups in total. The van der Waals surface area contributed by atoms with Gasteiger partial charge in [-0.2, -0.15) is 0 Å². The van der Waals surface area contributed by atoms with Crippen LogP contribution in [-0.2, 0) is 16.6 Å². The Morgan fingerprint density at radius 3 is 3.00 bits per heavy atom. The van der Waals surface area contributed by atoms with Crippen molar-refractivity contribution in [2.24, 2.45) is 23.7 Å². The molecule has 0 spiro atoms. The first-order valence-electron chi connectivity index (χ1n) is 10.1. The number of benzene rings is 1. The fourth-order valence-corrected chi connectivity index (χ4v) is 6.67. The highest BCUT2D eigenvalue weighted by atomic mass is 16.5. The van der Waals surface area contributed by atoms with Crippen LogP contribution >= 0.6 is 0 Å². The number of carbonyl (C=O) groups is 1. The van der Waals surface area contributed by atoms with Crippen LogP contribution in [0, 0.1) is 23.7 Å². The van der Waals surface area contributed by atoms with Gasteiger partial charge >= 0.3 is 0 Å². The van der Waals surface area contributed by atoms with E-state index in [-0.39, 0.29) is 5.41 Å². The van der Waals surface area contributed by atoms with Crippen LogP contribution in [0.4, 0.5) is 0 Å². The van der Waals surface area contributed by atoms with Gasteiger partial charge in [0.15, 0.2) is 0 Å². The molecule has 5 atom stereocenters. The molecule has 2 bridgehead atoms. The topological polar surface area (TPSA) is 29.5 Å². The Morgan fingerprint density at radius 1 is 1.32 bits per heavy atom. The molecule has 1 aliphatic heterocycles. The van der Waals surface area contributed by atoms with E-state index >= 15 is 0 Å². The summed E-state index contributed by atoms with van der Waals surface area (Å²) in [5.41, 5.74) is 3.04. The Morgan fingerprint density at radius 2 is 2.20 bits per heavy atom. The molecule has 1 saturated heterocycles. The summed E-state index contributed by atoms with van der Waals surface area (Å²) in [6.07, 6.45) is 7.14. The minimum atomic E-state index is 0.0988. The molecule has 2 unspecified atom stereocenters. The van der Waals surface area contributed by atoms with E-state index < -0.39 is 0 Å². The second kappa shape index (κ2) is 4.88. The number of ketones is 1. The molecule has 1 heterocycles. The molecule has 3 saturated carbocycles. The van der Waals surface area contributed by atoms with Gasteiger partial charge in [-0.15, -0.1) is 0 Å². The smallest absolute Gasteiger partial charge is 0.137 e. The summed E-state index contributed by atoms with van der Waals surface area (Å²) < 4.78 is 5.55. The molecule has 1 aromatic rings. The fourth-order valence-electron chi connectivity index (χ4n) is 6.67. The van der Waals surface area contributed by atoms with Gasteiger partial charge in [0.1, 0.15) is 11.5 Å². The third-order valence-corrected chi connectivity index (χ3v) is 8.04. The second-order valence-corrected chi connectivity index (χ2v) is 9.31. The van der Waals surface area contributed by atoms with Gasteiger partial charge < -0.3 is 4.74 Å². The number of nitrogens with zero attached hydrogens (tertiary/aromatic N) is 1. The highest BCUT2D eigenvalue weighted by Gasteiger charge is 2.66. The van der Waals surface area contributed by atoms with E-state index in [9.17, 15) is 4.79 Å². The number of hydrogen-bond acceptors (Lipinski definition) is 3. The van der Waals surface area contributed by atoms with E-state index in [2.05, 4.69) is 23.1 Å². The summed E-state index contributed by atoms with van der Waals surface area (Å²) in [6, 6.07) is 7.33. The average molecular weight is 337 g/mol. The van der Waals surface area contributed by atoms with Gasteiger partial charge in [-0.25, -0.2) is 0 Å². The molecule has 6 rings (SSSR count). The lowest BCUT2D eigenvalue weighted by molar-refractivity contribution is -0.128. The first kappa shape index (κ1) is 14.8. The van der Waals surface area contributed by atoms with E-state index in [1.807, 2.05) is 0 Å². The van der Waals surface area contributed by atoms with Crippen molar-refractivity contribution in [2.45, 2.75) is 50.0 Å². The predicted molar refractivity (Wildman–Crippen MR) is 95.8 cm³/mol. The molecule has 3 nitrogen and oxygen atoms in total. The number of methoxy groups -OCH3 is 1. The Balaban J connectivity index is 1.48. The Bertz CT molecular complexity index is 754. The minimum absolute atomic E-state index is 0.0988. The second-order valence-electron chi connectivity index (χ2n) is 9.31. The van der Waals surface area contributed by atoms with E-state index in [0.29, 0.717) is 29.6 Å². The zero-order valence-electron chi connectivity index (χ0n) is 15.0. The van der Waals surface area contributed by atoms with Crippen LogP contribution in [0.15, 0.2) is 18.2 Å². The summed E-state index contributed by atoms with van der Waals surface area (Å²) in [5, 5.41) is 0. The minimum Gasteiger partial charge on any atom is -0.497 e. The predicted octanol–water partition coefficient (Wildman–Crippen LogP) is 3.20. The molecule has 1 aromatic carbocycles. The number of likely N-dealkylation sites (tertiary alicyclic amines) is 1. The van der Waals surface area contributed by atoms with Crippen molar-refractivity contribution < 1.29 is 9.53 Å². The van der Waals surface area contributed by atoms with Gasteiger partial charge in [0.25, 0.3) is 0 Å². The van der Waals surface area contributed by atoms with Crippen molar-refractivity contribution >= 4 is 5.78 Å². The zero-order chi connectivity index (χ0) is 16.8. The molecule has 0 aromatic heterocycles. The first-order chi connectivity index (χ1) is 12.2. The highest BCUT2D eigenvalue weighted by molar-refractivity contribution is 5.87. The van der Waals surface area contributed by atoms with Crippen LogP contribution < -0.4 is 4.74 Å². The molecular formula is C22H27NO2. The molecule has 3 heteroatoms. The molecule has 5 aliphatic rings. The van der Waals surface area contributed by atoms with Crippen LogP contribution in [-0.4, -0.2) is 36.9 Å². The molecule has 132 valence electrons. The maximum Gasteiger partial charge on any atom is 0.137 e. The Kier molecular flexibility index (Phi) is 2.88. The molecule has 0 radical (unpaired) electrons. The van der Waals surface area contributed by atoms with Crippen molar-refractivity contribution in [3.05, 3.63) is 29.3 Å². The summed E-state index contributed by atoms with van der Waals surface area (Å²) >= 11 is 0. The van der Waals surface area contributed by atoms with Crippen molar-refractivity contribution in [3.8, 4) is 5.75 Å². The summed E-state index contributed by atoms with van der Waals surface area (Å²) in [4.78, 5) is 15.6. The van der Waals surface area contributed by atoms with Crippen LogP contribution in [0.3, 0.4) is 0 Å². The lowest BCUT2D eigenvalue weighted by Crippen LogP contribution is -2.63. The molecule has 0 amide bonds. The van der Waals surface area contributed by atoms with E-state index in [0.717, 1.165) is 24.5 Å². The normalized spacial score (nSPS) is 41.6. The molecular weight excluding hydrogens is 310 g/mol. The first-order valence-corrected chi connectivity index (χ1v) is 10.1. The average Bonchev–Trinajstić information content (AvgIpc) is 3.51. The number of Topliss-reactive ketones (excluding diaryl/α,β-unsaturated/α-hetero) is 1. The zero-order valence-corrected chi connectivity index (χ0v) is 15.0. The third-order valence-electron chi connectivity index (χ3n) is 8.04. The SMILES string of the molecule is COc1ccc2c(c1)[C@]13CCN(CC4CC4)[C@H](C2)[C@H]1C1CC1C(=O)C3. The number of hydrogen-bond donors (Lipinski definition) is 0. The number of carbonyl (C=O) groups excluding carboxylic acids is 1. The highest BCUT2D eigenvalue weighted by Crippen LogP contribution is 2.65. The van der Waals surface area contributed by atoms with Gasteiger partial charge in [0.05, 0.1) is 7.11 Å². The largest absolute Gasteiger partial charge is 0.497 e. The van der Waals surface area contributed by atoms with Crippen molar-refractivity contribution in [1.29, 1.82) is 0 Å². The van der Waals surface area contributed by atoms with Gasteiger partial charge in [0, 0.05) is 30.3 Å². The summed E-state index contributed by atoms with van der Waals surface area (Å²) in [5.74, 6) is 4.20. The molecule has 4 aliphatic carbocycles. The lowest BCUT2D eigenvalue weighted by Gasteiger charge is -2.58. The van der Waals surface area contributed by atoms with Crippen molar-refractivity contribution in [2.75, 3.05) is 20.2 Å². The number of ether oxygens (including phenoxy) is 1. The van der Waals surface area contributed by atoms with Crippen LogP contribution in [0.2, 0.25) is 0 Å². The Hall–Kier alpha value is -1.35. The fraction of sp³-hybridized carbons (Fsp3) is 0.682. The maximum absolute atomic E-state index is 12.8. The van der Waals surface area contributed by atoms with Gasteiger partial charge in [-0.1, -0.05) is 6.07 Å². The van der Waals surface area contributed by atoms with E-state index in [4.69, 9.17) is 4.74 Å². The number of piperidine rings is 1. The van der Waals surface area contributed by atoms with Gasteiger partial charge in [-0.3, -0.25) is 9.69 Å². The summed E-state index contributed by atoms with van der Waals surface area (Å²) in [6.45, 7) is 2.48. The van der Waals surface area contributed by atoms with E-state index in [1.165, 1.54) is 49.9 Å². The quantitative estimate of drug-likeness (QED) is 0.848. The van der Waals surface area contributed by atoms with E-state index in [1.54, 1.807) is 7.11 Å². The monoisotopic (exact) mass is 337 g/mol. The maximum atomic E-state index is 12.8. The number of rotatable bonds is 3. The van der Waals surface area contributed by atoms with Crippen molar-refractivity contribution in [3.63, 3.8) is 0 Å². The molecule has 4 fully saturated rings. The summed E-state index contributed by atoms with van der Waals surface area (Å²) in [7, 11) is 1.75. The Labute approximate surface area is 149 Å². The van der Waals surface area contributed by atoms with Crippen LogP contribution in [0.5, 0.6) is 5.75 Å². The van der Waals surface area contributed by atoms with Gasteiger partial charge in [-0.05, 0) is 79.7 Å². The van der Waals surface area contributed by atoms with Crippen LogP contribution in [0.25, 0.3) is 0 Å². The van der Waals surface area contributed by atoms with Gasteiger partial charge in [0.2, 0.25) is 0 Å². The molecule has 25 heavy (non-hydrogen) atoms. The third kappa shape index (κ3) is 1.99. The lowest BCUT2D eigenvalue weighted by atomic mass is 9.52. The van der Waals surface area contributed by atoms with Crippen molar-refractivity contribution in [1.82, 2.24) is 4.90 Å². The van der Waals surface area contributed by atoms with Crippen LogP contribution in [0.1, 0.15) is 43.2 Å². The standard InChI is InChI=1S/C22H27NO2/c1-25-15-5-4-14-8-19-21-17-10-16(17)20(24)11-22(21,18(14)9-15)6-7-23(19)12-13-2-3-13/h4-5,9,13,16-17,19,21H,2-3,6-8,10-12H2,1H3/t16?,17?,19-,21-,22-/m1/s1. The number of fused-ring (bicyclic) bond motifs is 2.